The fraction of sp³-hybridized carbons (Fsp3) is 0.722. The lowest BCUT2D eigenvalue weighted by Gasteiger charge is -2.25. The van der Waals surface area contributed by atoms with E-state index in [0.717, 1.165) is 25.4 Å². The highest BCUT2D eigenvalue weighted by Crippen LogP contribution is 2.20. The quantitative estimate of drug-likeness (QED) is 0.690. The molecule has 1 aromatic heterocycles. The van der Waals surface area contributed by atoms with Gasteiger partial charge < -0.3 is 9.47 Å². The first-order chi connectivity index (χ1) is 12.7. The summed E-state index contributed by atoms with van der Waals surface area (Å²) in [6.07, 6.45) is 9.23. The molecular weight excluding hydrogens is 354 g/mol. The second-order valence-corrected chi connectivity index (χ2v) is 8.80. The third-order valence-corrected chi connectivity index (χ3v) is 6.83. The molecule has 3 rings (SSSR count). The molecule has 0 amide bonds. The Hall–Kier alpha value is -1.22. The number of sulfonamides is 1. The van der Waals surface area contributed by atoms with E-state index in [1.54, 1.807) is 18.3 Å². The minimum absolute atomic E-state index is 0.283. The maximum Gasteiger partial charge on any atom is 0.272 e. The Kier molecular flexibility index (Phi) is 7.24. The zero-order valence-corrected chi connectivity index (χ0v) is 16.1. The number of ether oxygens (including phenoxy) is 2. The van der Waals surface area contributed by atoms with Crippen LogP contribution in [-0.4, -0.2) is 58.3 Å². The van der Waals surface area contributed by atoms with Gasteiger partial charge in [0.05, 0.1) is 32.5 Å². The molecule has 0 aromatic carbocycles. The number of aromatic amines is 1. The molecule has 0 radical (unpaired) electrons. The van der Waals surface area contributed by atoms with Crippen molar-refractivity contribution >= 4 is 15.8 Å². The Morgan fingerprint density at radius 1 is 1.19 bits per heavy atom. The highest BCUT2D eigenvalue weighted by atomic mass is 32.2. The topological polar surface area (TPSA) is 82.0 Å². The average molecular weight is 385 g/mol. The third-order valence-electron chi connectivity index (χ3n) is 4.93. The van der Waals surface area contributed by atoms with E-state index in [1.165, 1.54) is 36.4 Å². The Morgan fingerprint density at radius 3 is 2.65 bits per heavy atom. The van der Waals surface area contributed by atoms with E-state index in [0.29, 0.717) is 32.4 Å². The number of H-pyrrole nitrogens is 1. The van der Waals surface area contributed by atoms with E-state index in [4.69, 9.17) is 9.47 Å². The van der Waals surface area contributed by atoms with Gasteiger partial charge in [-0.25, -0.2) is 13.4 Å². The number of anilines is 1. The Morgan fingerprint density at radius 2 is 1.96 bits per heavy atom. The summed E-state index contributed by atoms with van der Waals surface area (Å²) >= 11 is 0. The van der Waals surface area contributed by atoms with Crippen molar-refractivity contribution in [3.63, 3.8) is 0 Å². The fourth-order valence-corrected chi connectivity index (χ4v) is 4.77. The molecule has 0 atom stereocenters. The molecule has 2 heterocycles. The number of aromatic nitrogens is 1. The highest BCUT2D eigenvalue weighted by molar-refractivity contribution is 7.89. The normalized spacial score (nSPS) is 20.2. The van der Waals surface area contributed by atoms with Crippen molar-refractivity contribution < 1.29 is 22.9 Å². The monoisotopic (exact) mass is 384 g/mol. The van der Waals surface area contributed by atoms with Gasteiger partial charge >= 0.3 is 0 Å². The maximum absolute atomic E-state index is 12.6. The zero-order valence-electron chi connectivity index (χ0n) is 15.3. The molecule has 1 saturated heterocycles. The van der Waals surface area contributed by atoms with Crippen molar-refractivity contribution in [1.82, 2.24) is 4.31 Å². The van der Waals surface area contributed by atoms with Gasteiger partial charge in [-0.3, -0.25) is 5.32 Å². The second-order valence-electron chi connectivity index (χ2n) is 6.87. The zero-order chi connectivity index (χ0) is 18.2. The molecule has 26 heavy (non-hydrogen) atoms. The number of rotatable bonds is 8. The minimum Gasteiger partial charge on any atom is -0.379 e. The van der Waals surface area contributed by atoms with Crippen molar-refractivity contribution in [2.75, 3.05) is 44.8 Å². The third kappa shape index (κ3) is 5.39. The molecular formula is C18H30N3O4S+. The van der Waals surface area contributed by atoms with Gasteiger partial charge in [-0.15, -0.1) is 0 Å². The van der Waals surface area contributed by atoms with Crippen molar-refractivity contribution in [1.29, 1.82) is 0 Å². The molecule has 2 fully saturated rings. The summed E-state index contributed by atoms with van der Waals surface area (Å²) < 4.78 is 37.7. The van der Waals surface area contributed by atoms with Crippen molar-refractivity contribution in [3.05, 3.63) is 18.3 Å². The highest BCUT2D eigenvalue weighted by Gasteiger charge is 2.27. The average Bonchev–Trinajstić information content (AvgIpc) is 2.69. The first kappa shape index (κ1) is 19.5. The van der Waals surface area contributed by atoms with Crippen molar-refractivity contribution in [3.8, 4) is 0 Å². The summed E-state index contributed by atoms with van der Waals surface area (Å²) in [4.78, 5) is 3.32. The second kappa shape index (κ2) is 9.64. The summed E-state index contributed by atoms with van der Waals surface area (Å²) in [5.74, 6) is 0.809. The molecule has 0 spiro atoms. The number of hydrogen-bond donors (Lipinski definition) is 1. The number of pyridine rings is 1. The van der Waals surface area contributed by atoms with Crippen LogP contribution in [0.2, 0.25) is 0 Å². The van der Waals surface area contributed by atoms with Gasteiger partial charge in [0.1, 0.15) is 11.1 Å². The fourth-order valence-electron chi connectivity index (χ4n) is 3.39. The molecule has 2 N–H and O–H groups in total. The van der Waals surface area contributed by atoms with Crippen LogP contribution in [0.15, 0.2) is 23.2 Å². The largest absolute Gasteiger partial charge is 0.379 e. The predicted molar refractivity (Wildman–Crippen MR) is 98.5 cm³/mol. The molecule has 1 aromatic rings. The summed E-state index contributed by atoms with van der Waals surface area (Å²) in [6.45, 7) is 3.27. The molecule has 146 valence electrons. The minimum atomic E-state index is -3.45. The van der Waals surface area contributed by atoms with Gasteiger partial charge in [-0.05, 0) is 18.9 Å². The molecule has 7 nitrogen and oxygen atoms in total. The first-order valence-corrected chi connectivity index (χ1v) is 11.1. The van der Waals surface area contributed by atoms with Gasteiger partial charge in [0.15, 0.2) is 0 Å². The van der Waals surface area contributed by atoms with E-state index in [-0.39, 0.29) is 4.90 Å². The standard InChI is InChI=1S/C18H29N3O4S/c22-26(23,21-10-13-24-14-11-21)17-7-8-18(20-15-17)19-9-4-12-25-16-5-2-1-3-6-16/h7-8,15-16H,1-6,9-14H2,(H,19,20)/p+1. The number of nitrogens with zero attached hydrogens (tertiary/aromatic N) is 1. The van der Waals surface area contributed by atoms with Gasteiger partial charge in [0.25, 0.3) is 5.82 Å². The van der Waals surface area contributed by atoms with Crippen LogP contribution < -0.4 is 10.3 Å². The smallest absolute Gasteiger partial charge is 0.272 e. The van der Waals surface area contributed by atoms with Crippen LogP contribution in [0.25, 0.3) is 0 Å². The number of morpholine rings is 1. The van der Waals surface area contributed by atoms with Gasteiger partial charge in [-0.2, -0.15) is 4.31 Å². The van der Waals surface area contributed by atoms with E-state index < -0.39 is 10.0 Å². The summed E-state index contributed by atoms with van der Waals surface area (Å²) in [6, 6.07) is 3.41. The van der Waals surface area contributed by atoms with E-state index in [2.05, 4.69) is 10.3 Å². The van der Waals surface area contributed by atoms with Crippen molar-refractivity contribution in [2.24, 2.45) is 0 Å². The van der Waals surface area contributed by atoms with Crippen LogP contribution in [0, 0.1) is 0 Å². The van der Waals surface area contributed by atoms with E-state index in [1.807, 2.05) is 0 Å². The Bertz CT molecular complexity index is 639. The van der Waals surface area contributed by atoms with Crippen LogP contribution in [0.5, 0.6) is 0 Å². The number of nitrogens with one attached hydrogen (secondary N) is 2. The molecule has 1 aliphatic carbocycles. The molecule has 0 bridgehead atoms. The van der Waals surface area contributed by atoms with Crippen LogP contribution >= 0.6 is 0 Å². The van der Waals surface area contributed by atoms with E-state index in [9.17, 15) is 8.42 Å². The van der Waals surface area contributed by atoms with Crippen LogP contribution in [0.1, 0.15) is 38.5 Å². The first-order valence-electron chi connectivity index (χ1n) is 9.61. The lowest BCUT2D eigenvalue weighted by Crippen LogP contribution is -2.40. The van der Waals surface area contributed by atoms with Gasteiger partial charge in [-0.1, -0.05) is 19.3 Å². The lowest BCUT2D eigenvalue weighted by molar-refractivity contribution is -0.364. The van der Waals surface area contributed by atoms with Crippen LogP contribution in [-0.2, 0) is 19.5 Å². The predicted octanol–water partition coefficient (Wildman–Crippen LogP) is 1.67. The summed E-state index contributed by atoms with van der Waals surface area (Å²) in [5, 5.41) is 3.28. The lowest BCUT2D eigenvalue weighted by atomic mass is 9.98. The maximum atomic E-state index is 12.6. The molecule has 1 aliphatic heterocycles. The van der Waals surface area contributed by atoms with Crippen LogP contribution in [0.3, 0.4) is 0 Å². The Balaban J connectivity index is 1.41. The molecule has 1 saturated carbocycles. The van der Waals surface area contributed by atoms with Gasteiger partial charge in [0.2, 0.25) is 10.0 Å². The SMILES string of the molecule is O=S(=O)(c1ccc(NCCCOC2CCCCC2)[nH+]c1)N1CCOCC1. The van der Waals surface area contributed by atoms with Crippen LogP contribution in [0.4, 0.5) is 5.82 Å². The summed E-state index contributed by atoms with van der Waals surface area (Å²) in [5.41, 5.74) is 0. The Labute approximate surface area is 156 Å². The van der Waals surface area contributed by atoms with E-state index >= 15 is 0 Å². The summed E-state index contributed by atoms with van der Waals surface area (Å²) in [7, 11) is -3.45. The van der Waals surface area contributed by atoms with Crippen molar-refractivity contribution in [2.45, 2.75) is 49.5 Å². The molecule has 8 heteroatoms. The number of hydrogen-bond acceptors (Lipinski definition) is 5. The molecule has 2 aliphatic rings. The van der Waals surface area contributed by atoms with Gasteiger partial charge in [0, 0.05) is 25.6 Å². The molecule has 0 unspecified atom stereocenters.